The standard InChI is InChI=1S/C17H27NO3/c1-12(2)14-8-7-13(3)11-15(14)21-10-6-9-17(4,18-5)16(19)20/h7-8,11-12,18H,6,9-10H2,1-5H3,(H,19,20). The summed E-state index contributed by atoms with van der Waals surface area (Å²) in [5.74, 6) is 0.483. The zero-order valence-corrected chi connectivity index (χ0v) is 13.7. The van der Waals surface area contributed by atoms with Crippen LogP contribution in [0, 0.1) is 6.92 Å². The Balaban J connectivity index is 2.61. The number of aryl methyl sites for hydroxylation is 1. The Kier molecular flexibility index (Phi) is 6.21. The molecule has 1 aromatic rings. The van der Waals surface area contributed by atoms with Gasteiger partial charge >= 0.3 is 5.97 Å². The Morgan fingerprint density at radius 3 is 2.62 bits per heavy atom. The summed E-state index contributed by atoms with van der Waals surface area (Å²) < 4.78 is 5.88. The molecule has 21 heavy (non-hydrogen) atoms. The lowest BCUT2D eigenvalue weighted by atomic mass is 9.96. The molecule has 0 bridgehead atoms. The van der Waals surface area contributed by atoms with Gasteiger partial charge in [0, 0.05) is 0 Å². The fourth-order valence-electron chi connectivity index (χ4n) is 2.19. The maximum atomic E-state index is 11.2. The molecule has 0 fully saturated rings. The molecule has 4 nitrogen and oxygen atoms in total. The molecule has 0 aliphatic rings. The van der Waals surface area contributed by atoms with Gasteiger partial charge in [0.25, 0.3) is 0 Å². The molecule has 1 rings (SSSR count). The van der Waals surface area contributed by atoms with Gasteiger partial charge in [0.15, 0.2) is 0 Å². The molecule has 1 unspecified atom stereocenters. The summed E-state index contributed by atoms with van der Waals surface area (Å²) in [5, 5.41) is 12.1. The van der Waals surface area contributed by atoms with Crippen LogP contribution in [0.15, 0.2) is 18.2 Å². The molecule has 0 radical (unpaired) electrons. The fraction of sp³-hybridized carbons (Fsp3) is 0.588. The van der Waals surface area contributed by atoms with E-state index in [2.05, 4.69) is 31.3 Å². The highest BCUT2D eigenvalue weighted by molar-refractivity contribution is 5.78. The minimum atomic E-state index is -0.892. The second kappa shape index (κ2) is 7.46. The first-order valence-corrected chi connectivity index (χ1v) is 7.46. The van der Waals surface area contributed by atoms with Crippen molar-refractivity contribution in [2.24, 2.45) is 0 Å². The number of ether oxygens (including phenoxy) is 1. The SMILES string of the molecule is CNC(C)(CCCOc1cc(C)ccc1C(C)C)C(=O)O. The van der Waals surface area contributed by atoms with Crippen LogP contribution in [0.25, 0.3) is 0 Å². The maximum absolute atomic E-state index is 11.2. The lowest BCUT2D eigenvalue weighted by molar-refractivity contribution is -0.144. The second-order valence-corrected chi connectivity index (χ2v) is 6.04. The minimum absolute atomic E-state index is 0.405. The zero-order chi connectivity index (χ0) is 16.0. The molecule has 0 aliphatic carbocycles. The third-order valence-electron chi connectivity index (χ3n) is 3.89. The molecule has 0 saturated carbocycles. The molecule has 0 aliphatic heterocycles. The first-order valence-electron chi connectivity index (χ1n) is 7.46. The summed E-state index contributed by atoms with van der Waals surface area (Å²) in [7, 11) is 1.67. The number of hydrogen-bond donors (Lipinski definition) is 2. The highest BCUT2D eigenvalue weighted by atomic mass is 16.5. The minimum Gasteiger partial charge on any atom is -0.493 e. The predicted molar refractivity (Wildman–Crippen MR) is 85.1 cm³/mol. The molecule has 0 amide bonds. The zero-order valence-electron chi connectivity index (χ0n) is 13.7. The van der Waals surface area contributed by atoms with Gasteiger partial charge in [0.2, 0.25) is 0 Å². The van der Waals surface area contributed by atoms with Crippen LogP contribution in [0.3, 0.4) is 0 Å². The molecular formula is C17H27NO3. The number of likely N-dealkylation sites (N-methyl/N-ethyl adjacent to an activating group) is 1. The van der Waals surface area contributed by atoms with Crippen LogP contribution < -0.4 is 10.1 Å². The Hall–Kier alpha value is -1.55. The van der Waals surface area contributed by atoms with Crippen molar-refractivity contribution >= 4 is 5.97 Å². The summed E-state index contributed by atoms with van der Waals surface area (Å²) in [6.07, 6.45) is 1.22. The predicted octanol–water partition coefficient (Wildman–Crippen LogP) is 3.34. The molecule has 2 N–H and O–H groups in total. The Morgan fingerprint density at radius 2 is 2.10 bits per heavy atom. The number of benzene rings is 1. The van der Waals surface area contributed by atoms with Gasteiger partial charge in [-0.15, -0.1) is 0 Å². The van der Waals surface area contributed by atoms with Gasteiger partial charge in [-0.3, -0.25) is 4.79 Å². The third kappa shape index (κ3) is 4.74. The van der Waals surface area contributed by atoms with E-state index in [4.69, 9.17) is 4.74 Å². The molecular weight excluding hydrogens is 266 g/mol. The average Bonchev–Trinajstić information content (AvgIpc) is 2.42. The van der Waals surface area contributed by atoms with E-state index in [-0.39, 0.29) is 0 Å². The maximum Gasteiger partial charge on any atom is 0.323 e. The van der Waals surface area contributed by atoms with E-state index in [9.17, 15) is 9.90 Å². The molecule has 1 aromatic carbocycles. The van der Waals surface area contributed by atoms with Gasteiger partial charge in [-0.1, -0.05) is 26.0 Å². The molecule has 4 heteroatoms. The number of hydrogen-bond acceptors (Lipinski definition) is 3. The summed E-state index contributed by atoms with van der Waals surface area (Å²) in [4.78, 5) is 11.2. The smallest absolute Gasteiger partial charge is 0.323 e. The van der Waals surface area contributed by atoms with Crippen molar-refractivity contribution in [1.82, 2.24) is 5.32 Å². The number of rotatable bonds is 8. The van der Waals surface area contributed by atoms with Crippen molar-refractivity contribution in [3.8, 4) is 5.75 Å². The largest absolute Gasteiger partial charge is 0.493 e. The lowest BCUT2D eigenvalue weighted by Crippen LogP contribution is -2.47. The summed E-state index contributed by atoms with van der Waals surface area (Å²) in [6.45, 7) is 8.54. The van der Waals surface area contributed by atoms with Crippen molar-refractivity contribution < 1.29 is 14.6 Å². The molecule has 0 aromatic heterocycles. The van der Waals surface area contributed by atoms with Gasteiger partial charge in [-0.2, -0.15) is 0 Å². The van der Waals surface area contributed by atoms with Crippen LogP contribution in [0.4, 0.5) is 0 Å². The van der Waals surface area contributed by atoms with Gasteiger partial charge in [0.05, 0.1) is 6.61 Å². The summed E-state index contributed by atoms with van der Waals surface area (Å²) in [5.41, 5.74) is 1.46. The number of carbonyl (C=O) groups is 1. The van der Waals surface area contributed by atoms with Gasteiger partial charge < -0.3 is 15.2 Å². The van der Waals surface area contributed by atoms with Gasteiger partial charge in [-0.05, 0) is 56.8 Å². The third-order valence-corrected chi connectivity index (χ3v) is 3.89. The van der Waals surface area contributed by atoms with Crippen LogP contribution in [-0.2, 0) is 4.79 Å². The second-order valence-electron chi connectivity index (χ2n) is 6.04. The Labute approximate surface area is 127 Å². The fourth-order valence-corrected chi connectivity index (χ4v) is 2.19. The van der Waals surface area contributed by atoms with Crippen LogP contribution in [0.2, 0.25) is 0 Å². The summed E-state index contributed by atoms with van der Waals surface area (Å²) in [6, 6.07) is 6.23. The van der Waals surface area contributed by atoms with E-state index >= 15 is 0 Å². The monoisotopic (exact) mass is 293 g/mol. The van der Waals surface area contributed by atoms with Crippen molar-refractivity contribution in [2.75, 3.05) is 13.7 Å². The number of aliphatic carboxylic acids is 1. The number of carboxylic acids is 1. The van der Waals surface area contributed by atoms with Crippen molar-refractivity contribution in [3.63, 3.8) is 0 Å². The van der Waals surface area contributed by atoms with Crippen molar-refractivity contribution in [1.29, 1.82) is 0 Å². The Bertz CT molecular complexity index is 485. The van der Waals surface area contributed by atoms with E-state index in [0.29, 0.717) is 25.4 Å². The summed E-state index contributed by atoms with van der Waals surface area (Å²) >= 11 is 0. The van der Waals surface area contributed by atoms with Crippen molar-refractivity contribution in [3.05, 3.63) is 29.3 Å². The number of nitrogens with one attached hydrogen (secondary N) is 1. The van der Waals surface area contributed by atoms with Crippen LogP contribution in [-0.4, -0.2) is 30.3 Å². The Morgan fingerprint density at radius 1 is 1.43 bits per heavy atom. The highest BCUT2D eigenvalue weighted by Crippen LogP contribution is 2.27. The molecule has 0 saturated heterocycles. The van der Waals surface area contributed by atoms with E-state index in [1.807, 2.05) is 13.0 Å². The lowest BCUT2D eigenvalue weighted by Gasteiger charge is -2.24. The normalized spacial score (nSPS) is 14.0. The van der Waals surface area contributed by atoms with Gasteiger partial charge in [-0.25, -0.2) is 0 Å². The first-order chi connectivity index (χ1) is 9.80. The van der Waals surface area contributed by atoms with Crippen LogP contribution in [0.5, 0.6) is 5.75 Å². The highest BCUT2D eigenvalue weighted by Gasteiger charge is 2.30. The molecule has 1 atom stereocenters. The average molecular weight is 293 g/mol. The molecule has 118 valence electrons. The van der Waals surface area contributed by atoms with Crippen LogP contribution in [0.1, 0.15) is 50.7 Å². The van der Waals surface area contributed by atoms with Crippen molar-refractivity contribution in [2.45, 2.75) is 52.0 Å². The first kappa shape index (κ1) is 17.5. The van der Waals surface area contributed by atoms with E-state index in [0.717, 1.165) is 5.75 Å². The van der Waals surface area contributed by atoms with E-state index < -0.39 is 11.5 Å². The molecule has 0 spiro atoms. The quantitative estimate of drug-likeness (QED) is 0.722. The van der Waals surface area contributed by atoms with E-state index in [1.54, 1.807) is 14.0 Å². The number of carboxylic acid groups (broad SMARTS) is 1. The van der Waals surface area contributed by atoms with Crippen LogP contribution >= 0.6 is 0 Å². The van der Waals surface area contributed by atoms with E-state index in [1.165, 1.54) is 11.1 Å². The molecule has 0 heterocycles. The topological polar surface area (TPSA) is 58.6 Å². The van der Waals surface area contributed by atoms with Gasteiger partial charge in [0.1, 0.15) is 11.3 Å².